The van der Waals surface area contributed by atoms with Gasteiger partial charge in [-0.05, 0) is 24.3 Å². The van der Waals surface area contributed by atoms with E-state index in [1.807, 2.05) is 29.2 Å². The number of halogens is 1. The zero-order valence-electron chi connectivity index (χ0n) is 13.4. The van der Waals surface area contributed by atoms with E-state index >= 15 is 0 Å². The predicted octanol–water partition coefficient (Wildman–Crippen LogP) is 2.80. The van der Waals surface area contributed by atoms with Gasteiger partial charge >= 0.3 is 0 Å². The van der Waals surface area contributed by atoms with Gasteiger partial charge in [0.15, 0.2) is 11.4 Å². The molecule has 0 saturated heterocycles. The van der Waals surface area contributed by atoms with E-state index in [0.717, 1.165) is 11.3 Å². The van der Waals surface area contributed by atoms with Crippen LogP contribution in [0.15, 0.2) is 47.0 Å². The maximum Gasteiger partial charge on any atom is 0.239 e. The normalized spacial score (nSPS) is 14.6. The maximum atomic E-state index is 13.4. The fraction of sp³-hybridized carbons (Fsp3) is 0.222. The first-order chi connectivity index (χ1) is 12.2. The van der Waals surface area contributed by atoms with Crippen LogP contribution in [-0.4, -0.2) is 35.7 Å². The number of nitrogens with zero attached hydrogens (tertiary/aromatic N) is 2. The molecule has 1 N–H and O–H groups in total. The molecule has 3 aromatic rings. The number of ether oxygens (including phenoxy) is 1. The van der Waals surface area contributed by atoms with Gasteiger partial charge in [0.2, 0.25) is 5.91 Å². The molecule has 0 fully saturated rings. The number of amides is 1. The molecule has 0 bridgehead atoms. The second-order valence-corrected chi connectivity index (χ2v) is 5.89. The van der Waals surface area contributed by atoms with Crippen molar-refractivity contribution in [2.24, 2.45) is 0 Å². The average molecular weight is 341 g/mol. The molecule has 0 aliphatic carbocycles. The molecule has 0 unspecified atom stereocenters. The maximum absolute atomic E-state index is 13.4. The van der Waals surface area contributed by atoms with Crippen LogP contribution in [0.4, 0.5) is 10.2 Å². The van der Waals surface area contributed by atoms with E-state index < -0.39 is 5.82 Å². The van der Waals surface area contributed by atoms with Gasteiger partial charge in [0, 0.05) is 18.7 Å². The van der Waals surface area contributed by atoms with Crippen molar-refractivity contribution in [2.75, 3.05) is 25.0 Å². The van der Waals surface area contributed by atoms with E-state index in [0.29, 0.717) is 30.7 Å². The number of hydrogen-bond acceptors (Lipinski definition) is 5. The lowest BCUT2D eigenvalue weighted by Crippen LogP contribution is -2.34. The van der Waals surface area contributed by atoms with Crippen molar-refractivity contribution >= 4 is 22.7 Å². The van der Waals surface area contributed by atoms with Crippen molar-refractivity contribution in [1.82, 2.24) is 10.1 Å². The summed E-state index contributed by atoms with van der Waals surface area (Å²) in [6.45, 7) is 1.96. The number of carbonyl (C=O) groups excluding carboxylic acids is 1. The first-order valence-electron chi connectivity index (χ1n) is 7.97. The minimum atomic E-state index is -0.410. The van der Waals surface area contributed by atoms with Crippen molar-refractivity contribution in [3.8, 4) is 5.75 Å². The molecule has 25 heavy (non-hydrogen) atoms. The lowest BCUT2D eigenvalue weighted by molar-refractivity contribution is -0.117. The van der Waals surface area contributed by atoms with Crippen LogP contribution >= 0.6 is 0 Å². The van der Waals surface area contributed by atoms with E-state index in [4.69, 9.17) is 9.26 Å². The van der Waals surface area contributed by atoms with Crippen molar-refractivity contribution in [3.05, 3.63) is 53.8 Å². The number of para-hydroxylation sites is 1. The van der Waals surface area contributed by atoms with Crippen molar-refractivity contribution in [1.29, 1.82) is 0 Å². The molecule has 0 atom stereocenters. The smallest absolute Gasteiger partial charge is 0.239 e. The summed E-state index contributed by atoms with van der Waals surface area (Å²) in [5.74, 6) is 0.431. The molecule has 0 saturated carbocycles. The minimum absolute atomic E-state index is 0.182. The quantitative estimate of drug-likeness (QED) is 0.793. The molecule has 0 spiro atoms. The fourth-order valence-corrected chi connectivity index (χ4v) is 2.89. The van der Waals surface area contributed by atoms with Crippen LogP contribution in [0.3, 0.4) is 0 Å². The Hall–Kier alpha value is -2.93. The molecule has 2 aromatic carbocycles. The molecule has 128 valence electrons. The van der Waals surface area contributed by atoms with Gasteiger partial charge in [-0.1, -0.05) is 23.4 Å². The number of aromatic nitrogens is 1. The zero-order valence-corrected chi connectivity index (χ0v) is 13.4. The van der Waals surface area contributed by atoms with Gasteiger partial charge < -0.3 is 14.6 Å². The van der Waals surface area contributed by atoms with Crippen LogP contribution in [0, 0.1) is 5.82 Å². The Morgan fingerprint density at radius 2 is 2.16 bits per heavy atom. The number of carbonyl (C=O) groups is 1. The number of benzene rings is 2. The first-order valence-corrected chi connectivity index (χ1v) is 7.97. The van der Waals surface area contributed by atoms with Gasteiger partial charge in [-0.25, -0.2) is 4.39 Å². The van der Waals surface area contributed by atoms with Crippen LogP contribution in [0.5, 0.6) is 5.75 Å². The molecule has 2 heterocycles. The Morgan fingerprint density at radius 1 is 1.28 bits per heavy atom. The standard InChI is InChI=1S/C18H16FN3O3/c19-13-5-6-16-14(9-13)18(21-25-16)20-17(23)11-22-7-8-24-15-4-2-1-3-12(15)10-22/h1-6,9H,7-8,10-11H2,(H,20,21,23). The van der Waals surface area contributed by atoms with E-state index in [2.05, 4.69) is 10.5 Å². The van der Waals surface area contributed by atoms with Crippen LogP contribution in [-0.2, 0) is 11.3 Å². The summed E-state index contributed by atoms with van der Waals surface area (Å²) in [6, 6.07) is 11.8. The monoisotopic (exact) mass is 341 g/mol. The Labute approximate surface area is 143 Å². The number of nitrogens with one attached hydrogen (secondary N) is 1. The van der Waals surface area contributed by atoms with Crippen LogP contribution in [0.2, 0.25) is 0 Å². The molecule has 1 aliphatic heterocycles. The predicted molar refractivity (Wildman–Crippen MR) is 89.8 cm³/mol. The van der Waals surface area contributed by atoms with Crippen molar-refractivity contribution in [2.45, 2.75) is 6.54 Å². The van der Waals surface area contributed by atoms with Crippen LogP contribution in [0.1, 0.15) is 5.56 Å². The van der Waals surface area contributed by atoms with E-state index in [1.54, 1.807) is 0 Å². The molecule has 1 amide bonds. The summed E-state index contributed by atoms with van der Waals surface area (Å²) in [7, 11) is 0. The first kappa shape index (κ1) is 15.6. The van der Waals surface area contributed by atoms with Gasteiger partial charge in [-0.15, -0.1) is 0 Å². The van der Waals surface area contributed by atoms with Crippen molar-refractivity contribution < 1.29 is 18.4 Å². The Bertz CT molecular complexity index is 925. The van der Waals surface area contributed by atoms with Crippen molar-refractivity contribution in [3.63, 3.8) is 0 Å². The Kier molecular flexibility index (Phi) is 4.07. The molecular formula is C18H16FN3O3. The van der Waals surface area contributed by atoms with Gasteiger partial charge in [0.1, 0.15) is 18.2 Å². The number of hydrogen-bond donors (Lipinski definition) is 1. The summed E-state index contributed by atoms with van der Waals surface area (Å²) >= 11 is 0. The highest BCUT2D eigenvalue weighted by Crippen LogP contribution is 2.24. The second kappa shape index (κ2) is 6.52. The lowest BCUT2D eigenvalue weighted by Gasteiger charge is -2.18. The number of fused-ring (bicyclic) bond motifs is 2. The zero-order chi connectivity index (χ0) is 17.2. The van der Waals surface area contributed by atoms with E-state index in [-0.39, 0.29) is 18.3 Å². The summed E-state index contributed by atoms with van der Waals surface area (Å²) in [5.41, 5.74) is 1.47. The summed E-state index contributed by atoms with van der Waals surface area (Å²) in [6.07, 6.45) is 0. The third kappa shape index (κ3) is 3.32. The molecule has 0 radical (unpaired) electrons. The van der Waals surface area contributed by atoms with E-state index in [1.165, 1.54) is 18.2 Å². The Balaban J connectivity index is 1.46. The SMILES string of the molecule is O=C(CN1CCOc2ccccc2C1)Nc1noc2ccc(F)cc12. The minimum Gasteiger partial charge on any atom is -0.492 e. The average Bonchev–Trinajstić information content (AvgIpc) is 2.86. The lowest BCUT2D eigenvalue weighted by atomic mass is 10.2. The Morgan fingerprint density at radius 3 is 3.08 bits per heavy atom. The highest BCUT2D eigenvalue weighted by Gasteiger charge is 2.19. The highest BCUT2D eigenvalue weighted by atomic mass is 19.1. The molecule has 1 aromatic heterocycles. The van der Waals surface area contributed by atoms with Gasteiger partial charge in [0.25, 0.3) is 0 Å². The molecule has 6 nitrogen and oxygen atoms in total. The van der Waals surface area contributed by atoms with Crippen LogP contribution in [0.25, 0.3) is 11.0 Å². The third-order valence-electron chi connectivity index (χ3n) is 4.09. The van der Waals surface area contributed by atoms with Gasteiger partial charge in [-0.2, -0.15) is 0 Å². The molecular weight excluding hydrogens is 325 g/mol. The topological polar surface area (TPSA) is 67.6 Å². The molecule has 4 rings (SSSR count). The second-order valence-electron chi connectivity index (χ2n) is 5.89. The number of rotatable bonds is 3. The van der Waals surface area contributed by atoms with E-state index in [9.17, 15) is 9.18 Å². The van der Waals surface area contributed by atoms with Gasteiger partial charge in [0.05, 0.1) is 11.9 Å². The fourth-order valence-electron chi connectivity index (χ4n) is 2.89. The summed E-state index contributed by atoms with van der Waals surface area (Å²) in [5, 5.41) is 6.94. The molecule has 7 heteroatoms. The van der Waals surface area contributed by atoms with Gasteiger partial charge in [-0.3, -0.25) is 9.69 Å². The van der Waals surface area contributed by atoms with Crippen LogP contribution < -0.4 is 10.1 Å². The third-order valence-corrected chi connectivity index (χ3v) is 4.09. The summed E-state index contributed by atoms with van der Waals surface area (Å²) < 4.78 is 24.2. The molecule has 1 aliphatic rings. The highest BCUT2D eigenvalue weighted by molar-refractivity contribution is 5.99. The number of anilines is 1. The summed E-state index contributed by atoms with van der Waals surface area (Å²) in [4.78, 5) is 14.4. The largest absolute Gasteiger partial charge is 0.492 e.